The molecule has 0 amide bonds. The Morgan fingerprint density at radius 3 is 2.81 bits per heavy atom. The normalized spacial score (nSPS) is 10.4. The van der Waals surface area contributed by atoms with Gasteiger partial charge >= 0.3 is 0 Å². The molecule has 3 nitrogen and oxygen atoms in total. The van der Waals surface area contributed by atoms with Crippen LogP contribution in [0.25, 0.3) is 0 Å². The maximum Gasteiger partial charge on any atom is 0.0670 e. The van der Waals surface area contributed by atoms with Crippen LogP contribution in [0.4, 0.5) is 5.69 Å². The van der Waals surface area contributed by atoms with Crippen molar-refractivity contribution in [2.24, 2.45) is 0 Å². The van der Waals surface area contributed by atoms with Crippen molar-refractivity contribution in [3.63, 3.8) is 0 Å². The molecule has 0 saturated carbocycles. The second-order valence-corrected chi connectivity index (χ2v) is 5.02. The Labute approximate surface area is 101 Å². The number of hydrogen-bond acceptors (Lipinski definition) is 4. The smallest absolute Gasteiger partial charge is 0.0670 e. The summed E-state index contributed by atoms with van der Waals surface area (Å²) in [6, 6.07) is 8.03. The zero-order valence-electron chi connectivity index (χ0n) is 9.73. The molecule has 0 fully saturated rings. The molecule has 1 aromatic rings. The van der Waals surface area contributed by atoms with Gasteiger partial charge in [-0.2, -0.15) is 5.26 Å². The molecule has 0 heterocycles. The predicted molar refractivity (Wildman–Crippen MR) is 69.4 cm³/mol. The molecule has 0 aromatic heterocycles. The molecule has 0 aliphatic heterocycles. The lowest BCUT2D eigenvalue weighted by atomic mass is 10.1. The van der Waals surface area contributed by atoms with E-state index in [1.54, 1.807) is 11.8 Å². The number of benzene rings is 1. The van der Waals surface area contributed by atoms with Gasteiger partial charge in [0.15, 0.2) is 0 Å². The number of thioether (sulfide) groups is 1. The van der Waals surface area contributed by atoms with Crippen molar-refractivity contribution in [1.82, 2.24) is 4.90 Å². The van der Waals surface area contributed by atoms with Crippen LogP contribution in [0.5, 0.6) is 0 Å². The highest BCUT2D eigenvalue weighted by Crippen LogP contribution is 2.23. The van der Waals surface area contributed by atoms with E-state index in [4.69, 9.17) is 11.0 Å². The van der Waals surface area contributed by atoms with Gasteiger partial charge in [0.05, 0.1) is 12.5 Å². The summed E-state index contributed by atoms with van der Waals surface area (Å²) in [6.07, 6.45) is 0.383. The minimum atomic E-state index is 0.383. The molecule has 2 N–H and O–H groups in total. The maximum atomic E-state index is 8.66. The van der Waals surface area contributed by atoms with Gasteiger partial charge in [-0.25, -0.2) is 0 Å². The lowest BCUT2D eigenvalue weighted by Crippen LogP contribution is -2.14. The van der Waals surface area contributed by atoms with Crippen LogP contribution >= 0.6 is 11.8 Å². The summed E-state index contributed by atoms with van der Waals surface area (Å²) in [7, 11) is 4.12. The Balaban J connectivity index is 2.61. The first-order valence-corrected chi connectivity index (χ1v) is 6.15. The predicted octanol–water partition coefficient (Wildman–Crippen LogP) is 1.99. The lowest BCUT2D eigenvalue weighted by Gasteiger charge is -2.09. The molecule has 0 aliphatic rings. The average molecular weight is 235 g/mol. The molecule has 0 unspecified atom stereocenters. The topological polar surface area (TPSA) is 53.0 Å². The number of nitrogen functional groups attached to an aromatic ring is 1. The molecule has 4 heteroatoms. The quantitative estimate of drug-likeness (QED) is 0.626. The van der Waals surface area contributed by atoms with Gasteiger partial charge in [-0.1, -0.05) is 0 Å². The first-order valence-electron chi connectivity index (χ1n) is 5.16. The van der Waals surface area contributed by atoms with Crippen LogP contribution < -0.4 is 5.73 Å². The third-order valence-corrected chi connectivity index (χ3v) is 3.17. The summed E-state index contributed by atoms with van der Waals surface area (Å²) in [5, 5.41) is 8.66. The fraction of sp³-hybridized carbons (Fsp3) is 0.417. The van der Waals surface area contributed by atoms with E-state index in [9.17, 15) is 0 Å². The number of anilines is 1. The molecular formula is C12H17N3S. The van der Waals surface area contributed by atoms with Gasteiger partial charge in [-0.15, -0.1) is 11.8 Å². The van der Waals surface area contributed by atoms with Crippen molar-refractivity contribution in [1.29, 1.82) is 5.26 Å². The highest BCUT2D eigenvalue weighted by atomic mass is 32.2. The van der Waals surface area contributed by atoms with Crippen LogP contribution in [-0.2, 0) is 6.42 Å². The van der Waals surface area contributed by atoms with Gasteiger partial charge in [0.2, 0.25) is 0 Å². The first kappa shape index (κ1) is 12.9. The van der Waals surface area contributed by atoms with E-state index < -0.39 is 0 Å². The number of rotatable bonds is 5. The van der Waals surface area contributed by atoms with Gasteiger partial charge < -0.3 is 10.6 Å². The van der Waals surface area contributed by atoms with Crippen LogP contribution in [0, 0.1) is 11.3 Å². The molecular weight excluding hydrogens is 218 g/mol. The summed E-state index contributed by atoms with van der Waals surface area (Å²) in [4.78, 5) is 3.34. The van der Waals surface area contributed by atoms with E-state index in [1.807, 2.05) is 18.2 Å². The monoisotopic (exact) mass is 235 g/mol. The SMILES string of the molecule is CN(C)CCSc1ccc(N)c(CC#N)c1. The number of nitriles is 1. The Bertz CT molecular complexity index is 382. The van der Waals surface area contributed by atoms with Crippen molar-refractivity contribution in [3.8, 4) is 6.07 Å². The summed E-state index contributed by atoms with van der Waals surface area (Å²) < 4.78 is 0. The maximum absolute atomic E-state index is 8.66. The average Bonchev–Trinajstić information content (AvgIpc) is 2.22. The first-order chi connectivity index (χ1) is 7.63. The number of hydrogen-bond donors (Lipinski definition) is 1. The fourth-order valence-electron chi connectivity index (χ4n) is 1.26. The Kier molecular flexibility index (Phi) is 5.17. The van der Waals surface area contributed by atoms with E-state index in [2.05, 4.69) is 25.1 Å². The molecule has 0 bridgehead atoms. The summed E-state index contributed by atoms with van der Waals surface area (Å²) >= 11 is 1.79. The summed E-state index contributed by atoms with van der Waals surface area (Å²) in [6.45, 7) is 1.04. The highest BCUT2D eigenvalue weighted by Gasteiger charge is 2.01. The molecule has 86 valence electrons. The van der Waals surface area contributed by atoms with Crippen molar-refractivity contribution >= 4 is 17.4 Å². The van der Waals surface area contributed by atoms with Crippen LogP contribution in [0.3, 0.4) is 0 Å². The minimum Gasteiger partial charge on any atom is -0.398 e. The van der Waals surface area contributed by atoms with Crippen molar-refractivity contribution < 1.29 is 0 Å². The third-order valence-electron chi connectivity index (χ3n) is 2.19. The Hall–Kier alpha value is -1.18. The molecule has 0 aliphatic carbocycles. The molecule has 1 rings (SSSR count). The zero-order valence-corrected chi connectivity index (χ0v) is 10.5. The van der Waals surface area contributed by atoms with Gasteiger partial charge in [0.1, 0.15) is 0 Å². The number of nitrogens with zero attached hydrogens (tertiary/aromatic N) is 2. The van der Waals surface area contributed by atoms with Gasteiger partial charge in [-0.3, -0.25) is 0 Å². The molecule has 16 heavy (non-hydrogen) atoms. The van der Waals surface area contributed by atoms with Gasteiger partial charge in [0.25, 0.3) is 0 Å². The largest absolute Gasteiger partial charge is 0.398 e. The van der Waals surface area contributed by atoms with Crippen LogP contribution in [0.1, 0.15) is 5.56 Å². The molecule has 0 atom stereocenters. The van der Waals surface area contributed by atoms with Gasteiger partial charge in [-0.05, 0) is 37.9 Å². The lowest BCUT2D eigenvalue weighted by molar-refractivity contribution is 0.437. The Morgan fingerprint density at radius 2 is 2.19 bits per heavy atom. The molecule has 0 radical (unpaired) electrons. The molecule has 1 aromatic carbocycles. The van der Waals surface area contributed by atoms with E-state index in [1.165, 1.54) is 4.90 Å². The van der Waals surface area contributed by atoms with Crippen molar-refractivity contribution in [2.75, 3.05) is 32.1 Å². The Morgan fingerprint density at radius 1 is 1.44 bits per heavy atom. The van der Waals surface area contributed by atoms with E-state index in [0.717, 1.165) is 17.9 Å². The second kappa shape index (κ2) is 6.41. The molecule has 0 saturated heterocycles. The van der Waals surface area contributed by atoms with E-state index in [0.29, 0.717) is 12.1 Å². The van der Waals surface area contributed by atoms with Crippen molar-refractivity contribution in [3.05, 3.63) is 23.8 Å². The number of nitrogens with two attached hydrogens (primary N) is 1. The van der Waals surface area contributed by atoms with Crippen LogP contribution in [0.15, 0.2) is 23.1 Å². The van der Waals surface area contributed by atoms with E-state index in [-0.39, 0.29) is 0 Å². The zero-order chi connectivity index (χ0) is 12.0. The highest BCUT2D eigenvalue weighted by molar-refractivity contribution is 7.99. The van der Waals surface area contributed by atoms with Crippen LogP contribution in [-0.4, -0.2) is 31.3 Å². The standard InChI is InChI=1S/C12H17N3S/c1-15(2)7-8-16-11-3-4-12(14)10(9-11)5-6-13/h3-4,9H,5,7-8,14H2,1-2H3. The summed E-state index contributed by atoms with van der Waals surface area (Å²) in [5.41, 5.74) is 7.42. The fourth-order valence-corrected chi connectivity index (χ4v) is 2.34. The third kappa shape index (κ3) is 4.13. The minimum absolute atomic E-state index is 0.383. The summed E-state index contributed by atoms with van der Waals surface area (Å²) in [5.74, 6) is 1.04. The van der Waals surface area contributed by atoms with Gasteiger partial charge in [0, 0.05) is 22.9 Å². The molecule has 0 spiro atoms. The van der Waals surface area contributed by atoms with Crippen molar-refractivity contribution in [2.45, 2.75) is 11.3 Å². The second-order valence-electron chi connectivity index (χ2n) is 3.85. The van der Waals surface area contributed by atoms with E-state index >= 15 is 0 Å². The van der Waals surface area contributed by atoms with Crippen LogP contribution in [0.2, 0.25) is 0 Å².